The summed E-state index contributed by atoms with van der Waals surface area (Å²) in [5.41, 5.74) is 5.19. The van der Waals surface area contributed by atoms with Crippen molar-refractivity contribution >= 4 is 28.6 Å². The van der Waals surface area contributed by atoms with Gasteiger partial charge >= 0.3 is 0 Å². The Balaban J connectivity index is 2.31. The number of halogens is 1. The van der Waals surface area contributed by atoms with E-state index in [1.54, 1.807) is 11.3 Å². The summed E-state index contributed by atoms with van der Waals surface area (Å²) in [4.78, 5) is 5.54. The van der Waals surface area contributed by atoms with Crippen LogP contribution in [0.2, 0.25) is 5.02 Å². The maximum Gasteiger partial charge on any atom is 0.0802 e. The lowest BCUT2D eigenvalue weighted by molar-refractivity contribution is 1.06. The van der Waals surface area contributed by atoms with Crippen molar-refractivity contribution in [2.24, 2.45) is 0 Å². The first-order chi connectivity index (χ1) is 6.86. The Bertz CT molecular complexity index is 493. The predicted molar refractivity (Wildman–Crippen MR) is 59.9 cm³/mol. The molecule has 0 fully saturated rings. The number of rotatable bonds is 0. The Morgan fingerprint density at radius 2 is 2.36 bits per heavy atom. The van der Waals surface area contributed by atoms with Gasteiger partial charge in [0.05, 0.1) is 33.3 Å². The normalized spacial score (nSPS) is 12.9. The number of thiazole rings is 1. The van der Waals surface area contributed by atoms with Crippen LogP contribution in [0.1, 0.15) is 5.69 Å². The van der Waals surface area contributed by atoms with Crippen molar-refractivity contribution in [1.29, 1.82) is 0 Å². The number of nitrogens with zero attached hydrogens (tertiary/aromatic N) is 1. The number of fused-ring (bicyclic) bond motifs is 3. The molecule has 3 rings (SSSR count). The van der Waals surface area contributed by atoms with Crippen LogP contribution in [0.5, 0.6) is 0 Å². The minimum absolute atomic E-state index is 0.773. The van der Waals surface area contributed by atoms with Gasteiger partial charge in [-0.25, -0.2) is 4.98 Å². The molecule has 70 valence electrons. The Kier molecular flexibility index (Phi) is 1.75. The molecule has 14 heavy (non-hydrogen) atoms. The number of para-hydroxylation sites is 1. The largest absolute Gasteiger partial charge is 0.378 e. The highest BCUT2D eigenvalue weighted by Crippen LogP contribution is 2.41. The molecule has 1 N–H and O–H groups in total. The Morgan fingerprint density at radius 1 is 1.43 bits per heavy atom. The minimum Gasteiger partial charge on any atom is -0.378 e. The third-order valence-electron chi connectivity index (χ3n) is 2.33. The van der Waals surface area contributed by atoms with E-state index in [1.165, 1.54) is 10.4 Å². The van der Waals surface area contributed by atoms with Gasteiger partial charge in [-0.15, -0.1) is 11.3 Å². The first-order valence-electron chi connectivity index (χ1n) is 4.31. The second-order valence-electron chi connectivity index (χ2n) is 3.14. The molecule has 0 saturated carbocycles. The van der Waals surface area contributed by atoms with Gasteiger partial charge in [-0.1, -0.05) is 23.7 Å². The highest BCUT2D eigenvalue weighted by atomic mass is 35.5. The molecule has 2 heterocycles. The molecule has 0 aliphatic carbocycles. The van der Waals surface area contributed by atoms with Gasteiger partial charge in [-0.2, -0.15) is 0 Å². The molecule has 1 aromatic carbocycles. The fourth-order valence-electron chi connectivity index (χ4n) is 1.68. The molecule has 1 aromatic heterocycles. The van der Waals surface area contributed by atoms with E-state index in [9.17, 15) is 0 Å². The second-order valence-corrected chi connectivity index (χ2v) is 4.41. The van der Waals surface area contributed by atoms with Crippen LogP contribution >= 0.6 is 22.9 Å². The first kappa shape index (κ1) is 8.26. The fraction of sp³-hybridized carbons (Fsp3) is 0.100. The van der Waals surface area contributed by atoms with Crippen LogP contribution in [0.25, 0.3) is 10.4 Å². The Hall–Kier alpha value is -1.06. The minimum atomic E-state index is 0.773. The smallest absolute Gasteiger partial charge is 0.0802 e. The van der Waals surface area contributed by atoms with E-state index in [-0.39, 0.29) is 0 Å². The molecule has 0 radical (unpaired) electrons. The lowest BCUT2D eigenvalue weighted by atomic mass is 10.1. The van der Waals surface area contributed by atoms with Gasteiger partial charge in [0.25, 0.3) is 0 Å². The summed E-state index contributed by atoms with van der Waals surface area (Å²) in [7, 11) is 0. The summed E-state index contributed by atoms with van der Waals surface area (Å²) in [6.07, 6.45) is 0. The zero-order valence-electron chi connectivity index (χ0n) is 7.25. The molecule has 0 bridgehead atoms. The molecule has 0 amide bonds. The van der Waals surface area contributed by atoms with Gasteiger partial charge in [-0.3, -0.25) is 0 Å². The summed E-state index contributed by atoms with van der Waals surface area (Å²) >= 11 is 7.76. The average Bonchev–Trinajstić information content (AvgIpc) is 2.66. The zero-order valence-corrected chi connectivity index (χ0v) is 8.82. The van der Waals surface area contributed by atoms with Crippen LogP contribution in [0.15, 0.2) is 23.7 Å². The van der Waals surface area contributed by atoms with E-state index in [0.717, 1.165) is 22.9 Å². The molecule has 2 aromatic rings. The molecule has 0 atom stereocenters. The van der Waals surface area contributed by atoms with Crippen LogP contribution in [-0.4, -0.2) is 4.98 Å². The van der Waals surface area contributed by atoms with Gasteiger partial charge in [0.15, 0.2) is 0 Å². The molecular formula is C10H7ClN2S. The van der Waals surface area contributed by atoms with Crippen molar-refractivity contribution in [2.45, 2.75) is 6.54 Å². The van der Waals surface area contributed by atoms with E-state index < -0.39 is 0 Å². The Morgan fingerprint density at radius 3 is 3.29 bits per heavy atom. The van der Waals surface area contributed by atoms with Crippen LogP contribution in [-0.2, 0) is 6.54 Å². The Labute approximate surface area is 90.6 Å². The molecule has 0 unspecified atom stereocenters. The van der Waals surface area contributed by atoms with Crippen molar-refractivity contribution in [1.82, 2.24) is 4.98 Å². The van der Waals surface area contributed by atoms with Crippen molar-refractivity contribution in [2.75, 3.05) is 5.32 Å². The highest BCUT2D eigenvalue weighted by Gasteiger charge is 2.19. The van der Waals surface area contributed by atoms with Crippen molar-refractivity contribution in [3.63, 3.8) is 0 Å². The van der Waals surface area contributed by atoms with E-state index >= 15 is 0 Å². The lowest BCUT2D eigenvalue weighted by Gasteiger charge is -2.18. The van der Waals surface area contributed by atoms with E-state index in [4.69, 9.17) is 11.6 Å². The fourth-order valence-corrected chi connectivity index (χ4v) is 2.76. The SMILES string of the molecule is Clc1cccc2c1NCc1ncsc1-2. The van der Waals surface area contributed by atoms with Gasteiger partial charge in [0, 0.05) is 5.56 Å². The van der Waals surface area contributed by atoms with E-state index in [2.05, 4.69) is 16.4 Å². The van der Waals surface area contributed by atoms with Crippen LogP contribution in [0.4, 0.5) is 5.69 Å². The predicted octanol–water partition coefficient (Wildman–Crippen LogP) is 3.39. The standard InChI is InChI=1S/C10H7ClN2S/c11-7-3-1-2-6-9(7)12-4-8-10(6)14-5-13-8/h1-3,5,12H,4H2. The van der Waals surface area contributed by atoms with Crippen LogP contribution < -0.4 is 5.32 Å². The summed E-state index contributed by atoms with van der Waals surface area (Å²) in [5.74, 6) is 0. The lowest BCUT2D eigenvalue weighted by Crippen LogP contribution is -2.07. The summed E-state index contributed by atoms with van der Waals surface area (Å²) in [6.45, 7) is 0.773. The molecule has 1 aliphatic rings. The molecule has 4 heteroatoms. The zero-order chi connectivity index (χ0) is 9.54. The monoisotopic (exact) mass is 222 g/mol. The topological polar surface area (TPSA) is 24.9 Å². The highest BCUT2D eigenvalue weighted by molar-refractivity contribution is 7.13. The van der Waals surface area contributed by atoms with Crippen LogP contribution in [0.3, 0.4) is 0 Å². The van der Waals surface area contributed by atoms with Gasteiger partial charge in [0.1, 0.15) is 0 Å². The van der Waals surface area contributed by atoms with Crippen molar-refractivity contribution < 1.29 is 0 Å². The third kappa shape index (κ3) is 1.06. The van der Waals surface area contributed by atoms with Crippen LogP contribution in [0, 0.1) is 0 Å². The second kappa shape index (κ2) is 2.97. The number of anilines is 1. The number of hydrogen-bond donors (Lipinski definition) is 1. The first-order valence-corrected chi connectivity index (χ1v) is 5.57. The average molecular weight is 223 g/mol. The number of hydrogen-bond acceptors (Lipinski definition) is 3. The quantitative estimate of drug-likeness (QED) is 0.739. The van der Waals surface area contributed by atoms with Gasteiger partial charge in [-0.05, 0) is 6.07 Å². The molecular weight excluding hydrogens is 216 g/mol. The van der Waals surface area contributed by atoms with Gasteiger partial charge in [0.2, 0.25) is 0 Å². The molecule has 2 nitrogen and oxygen atoms in total. The summed E-state index contributed by atoms with van der Waals surface area (Å²) in [5, 5.41) is 4.06. The molecule has 1 aliphatic heterocycles. The molecule has 0 spiro atoms. The summed E-state index contributed by atoms with van der Waals surface area (Å²) in [6, 6.07) is 5.95. The van der Waals surface area contributed by atoms with Crippen molar-refractivity contribution in [3.8, 4) is 10.4 Å². The maximum absolute atomic E-state index is 6.10. The number of nitrogens with one attached hydrogen (secondary N) is 1. The summed E-state index contributed by atoms with van der Waals surface area (Å²) < 4.78 is 0. The third-order valence-corrected chi connectivity index (χ3v) is 3.55. The van der Waals surface area contributed by atoms with E-state index in [1.807, 2.05) is 17.6 Å². The molecule has 0 saturated heterocycles. The van der Waals surface area contributed by atoms with Gasteiger partial charge < -0.3 is 5.32 Å². The van der Waals surface area contributed by atoms with E-state index in [0.29, 0.717) is 0 Å². The number of benzene rings is 1. The maximum atomic E-state index is 6.10. The number of aromatic nitrogens is 1. The van der Waals surface area contributed by atoms with Crippen molar-refractivity contribution in [3.05, 3.63) is 34.4 Å².